The third-order valence-electron chi connectivity index (χ3n) is 2.35. The summed E-state index contributed by atoms with van der Waals surface area (Å²) in [7, 11) is -0.500. The molecule has 0 saturated carbocycles. The summed E-state index contributed by atoms with van der Waals surface area (Å²) in [5, 5.41) is 7.85. The van der Waals surface area contributed by atoms with Crippen molar-refractivity contribution in [1.82, 2.24) is 19.6 Å². The van der Waals surface area contributed by atoms with Gasteiger partial charge in [-0.15, -0.1) is 0 Å². The Morgan fingerprint density at radius 1 is 1.33 bits per heavy atom. The molecule has 0 aromatic carbocycles. The van der Waals surface area contributed by atoms with Crippen LogP contribution < -0.4 is 10.5 Å². The molecule has 2 rings (SSSR count). The molecule has 0 unspecified atom stereocenters. The van der Waals surface area contributed by atoms with Crippen LogP contribution in [0.1, 0.15) is 5.69 Å². The van der Waals surface area contributed by atoms with Crippen LogP contribution >= 0.6 is 0 Å². The number of nitrogens with two attached hydrogens (primary N) is 1. The number of hydrogen-bond acceptors (Lipinski definition) is 5. The lowest BCUT2D eigenvalue weighted by atomic mass is 10.5. The molecule has 0 radical (unpaired) electrons. The molecule has 0 aliphatic rings. The summed E-state index contributed by atoms with van der Waals surface area (Å²) in [5.41, 5.74) is 6.27. The molecule has 0 aliphatic carbocycles. The maximum Gasteiger partial charge on any atom is 0.268 e. The Kier molecular flexibility index (Phi) is 2.77. The van der Waals surface area contributed by atoms with Crippen molar-refractivity contribution in [2.45, 2.75) is 11.8 Å². The van der Waals surface area contributed by atoms with E-state index in [9.17, 15) is 8.42 Å². The second-order valence-electron chi connectivity index (χ2n) is 3.95. The molecular weight excluding hydrogens is 256 g/mol. The normalized spacial score (nSPS) is 11.7. The van der Waals surface area contributed by atoms with E-state index in [2.05, 4.69) is 14.9 Å². The SMILES string of the molecule is Cc1cc(NS(=O)(=O)c2cn(C)nc2N)n(C)n1. The standard InChI is InChI=1S/C9H14N6O2S/c1-6-4-8(15(3)11-6)13-18(16,17)7-5-14(2)12-9(7)10/h4-5,13H,1-3H3,(H2,10,12). The maximum atomic E-state index is 12.1. The zero-order valence-corrected chi connectivity index (χ0v) is 11.1. The van der Waals surface area contributed by atoms with Crippen LogP contribution in [-0.4, -0.2) is 28.0 Å². The quantitative estimate of drug-likeness (QED) is 0.806. The number of sulfonamides is 1. The molecular formula is C9H14N6O2S. The molecule has 0 aliphatic heterocycles. The van der Waals surface area contributed by atoms with Crippen LogP contribution in [0.5, 0.6) is 0 Å². The molecule has 0 fully saturated rings. The van der Waals surface area contributed by atoms with Crippen molar-refractivity contribution >= 4 is 21.7 Å². The van der Waals surface area contributed by atoms with Crippen LogP contribution in [0.25, 0.3) is 0 Å². The Balaban J connectivity index is 2.39. The van der Waals surface area contributed by atoms with Crippen LogP contribution in [0.3, 0.4) is 0 Å². The maximum absolute atomic E-state index is 12.1. The Hall–Kier alpha value is -2.03. The summed E-state index contributed by atoms with van der Waals surface area (Å²) < 4.78 is 29.4. The molecule has 9 heteroatoms. The van der Waals surface area contributed by atoms with Gasteiger partial charge in [0.25, 0.3) is 10.0 Å². The van der Waals surface area contributed by atoms with Gasteiger partial charge in [-0.1, -0.05) is 0 Å². The average Bonchev–Trinajstić information content (AvgIpc) is 2.70. The van der Waals surface area contributed by atoms with E-state index in [4.69, 9.17) is 5.73 Å². The molecule has 98 valence electrons. The highest BCUT2D eigenvalue weighted by atomic mass is 32.2. The van der Waals surface area contributed by atoms with Gasteiger partial charge in [-0.2, -0.15) is 10.2 Å². The smallest absolute Gasteiger partial charge is 0.268 e. The fraction of sp³-hybridized carbons (Fsp3) is 0.333. The molecule has 18 heavy (non-hydrogen) atoms. The van der Waals surface area contributed by atoms with Crippen molar-refractivity contribution in [3.05, 3.63) is 18.0 Å². The van der Waals surface area contributed by atoms with Crippen LogP contribution in [0.2, 0.25) is 0 Å². The van der Waals surface area contributed by atoms with Gasteiger partial charge in [0.05, 0.1) is 5.69 Å². The average molecular weight is 270 g/mol. The molecule has 0 saturated heterocycles. The second kappa shape index (κ2) is 4.02. The Morgan fingerprint density at radius 3 is 2.44 bits per heavy atom. The van der Waals surface area contributed by atoms with Crippen molar-refractivity contribution in [2.75, 3.05) is 10.5 Å². The van der Waals surface area contributed by atoms with E-state index in [-0.39, 0.29) is 10.7 Å². The Labute approximate surface area is 104 Å². The number of nitrogens with zero attached hydrogens (tertiary/aromatic N) is 4. The summed E-state index contributed by atoms with van der Waals surface area (Å²) in [4.78, 5) is -0.0520. The minimum Gasteiger partial charge on any atom is -0.381 e. The van der Waals surface area contributed by atoms with Gasteiger partial charge >= 0.3 is 0 Å². The lowest BCUT2D eigenvalue weighted by molar-refractivity contribution is 0.600. The number of rotatable bonds is 3. The van der Waals surface area contributed by atoms with Gasteiger partial charge in [0.1, 0.15) is 10.7 Å². The van der Waals surface area contributed by atoms with Crippen molar-refractivity contribution in [3.63, 3.8) is 0 Å². The lowest BCUT2D eigenvalue weighted by Gasteiger charge is -2.06. The fourth-order valence-electron chi connectivity index (χ4n) is 1.59. The minimum absolute atomic E-state index is 0.0381. The second-order valence-corrected chi connectivity index (χ2v) is 5.60. The Morgan fingerprint density at radius 2 is 2.00 bits per heavy atom. The molecule has 2 heterocycles. The van der Waals surface area contributed by atoms with Gasteiger partial charge in [-0.25, -0.2) is 8.42 Å². The van der Waals surface area contributed by atoms with Crippen molar-refractivity contribution in [2.24, 2.45) is 14.1 Å². The first-order chi connectivity index (χ1) is 8.29. The molecule has 0 spiro atoms. The molecule has 0 bridgehead atoms. The van der Waals surface area contributed by atoms with Crippen molar-refractivity contribution in [3.8, 4) is 0 Å². The van der Waals surface area contributed by atoms with Gasteiger partial charge in [0.2, 0.25) is 0 Å². The Bertz CT molecular complexity index is 684. The van der Waals surface area contributed by atoms with E-state index in [0.717, 1.165) is 0 Å². The van der Waals surface area contributed by atoms with Gasteiger partial charge in [-0.05, 0) is 6.92 Å². The van der Waals surface area contributed by atoms with Crippen LogP contribution in [0, 0.1) is 6.92 Å². The van der Waals surface area contributed by atoms with Gasteiger partial charge in [-0.3, -0.25) is 14.1 Å². The first-order valence-electron chi connectivity index (χ1n) is 5.12. The molecule has 0 atom stereocenters. The molecule has 8 nitrogen and oxygen atoms in total. The summed E-state index contributed by atoms with van der Waals surface area (Å²) in [6.07, 6.45) is 1.35. The van der Waals surface area contributed by atoms with E-state index in [0.29, 0.717) is 11.5 Å². The third kappa shape index (κ3) is 2.16. The highest BCUT2D eigenvalue weighted by Crippen LogP contribution is 2.20. The predicted molar refractivity (Wildman–Crippen MR) is 66.4 cm³/mol. The highest BCUT2D eigenvalue weighted by Gasteiger charge is 2.22. The molecule has 2 aromatic rings. The van der Waals surface area contributed by atoms with Crippen LogP contribution in [0.4, 0.5) is 11.6 Å². The lowest BCUT2D eigenvalue weighted by Crippen LogP contribution is -2.16. The van der Waals surface area contributed by atoms with Gasteiger partial charge in [0.15, 0.2) is 5.82 Å². The zero-order chi connectivity index (χ0) is 13.5. The molecule has 2 aromatic heterocycles. The highest BCUT2D eigenvalue weighted by molar-refractivity contribution is 7.92. The fourth-order valence-corrected chi connectivity index (χ4v) is 2.77. The molecule has 3 N–H and O–H groups in total. The van der Waals surface area contributed by atoms with E-state index >= 15 is 0 Å². The first kappa shape index (κ1) is 12.4. The monoisotopic (exact) mass is 270 g/mol. The van der Waals surface area contributed by atoms with Crippen molar-refractivity contribution < 1.29 is 8.42 Å². The van der Waals surface area contributed by atoms with Crippen molar-refractivity contribution in [1.29, 1.82) is 0 Å². The van der Waals surface area contributed by atoms with Crippen LogP contribution in [0.15, 0.2) is 17.2 Å². The van der Waals surface area contributed by atoms with Crippen LogP contribution in [-0.2, 0) is 24.1 Å². The zero-order valence-electron chi connectivity index (χ0n) is 10.2. The predicted octanol–water partition coefficient (Wildman–Crippen LogP) is -0.155. The number of nitrogens with one attached hydrogen (secondary N) is 1. The van der Waals surface area contributed by atoms with E-state index in [1.807, 2.05) is 0 Å². The first-order valence-corrected chi connectivity index (χ1v) is 6.60. The minimum atomic E-state index is -3.75. The number of aryl methyl sites for hydroxylation is 3. The summed E-state index contributed by atoms with van der Waals surface area (Å²) in [5.74, 6) is 0.333. The number of nitrogen functional groups attached to an aromatic ring is 1. The summed E-state index contributed by atoms with van der Waals surface area (Å²) in [6, 6.07) is 1.63. The summed E-state index contributed by atoms with van der Waals surface area (Å²) >= 11 is 0. The molecule has 0 amide bonds. The number of aromatic nitrogens is 4. The number of hydrogen-bond donors (Lipinski definition) is 2. The topological polar surface area (TPSA) is 108 Å². The van der Waals surface area contributed by atoms with E-state index in [1.165, 1.54) is 15.6 Å². The van der Waals surface area contributed by atoms with E-state index in [1.54, 1.807) is 27.1 Å². The number of anilines is 2. The van der Waals surface area contributed by atoms with Gasteiger partial charge in [0, 0.05) is 26.4 Å². The largest absolute Gasteiger partial charge is 0.381 e. The third-order valence-corrected chi connectivity index (χ3v) is 3.72. The van der Waals surface area contributed by atoms with E-state index < -0.39 is 10.0 Å². The summed E-state index contributed by atoms with van der Waals surface area (Å²) in [6.45, 7) is 1.77. The van der Waals surface area contributed by atoms with Gasteiger partial charge < -0.3 is 5.73 Å².